The first-order chi connectivity index (χ1) is 12.2. The van der Waals surface area contributed by atoms with Crippen molar-refractivity contribution in [2.75, 3.05) is 0 Å². The maximum atomic E-state index is 11.2. The molecule has 2 aromatic carbocycles. The van der Waals surface area contributed by atoms with Crippen LogP contribution in [0.2, 0.25) is 0 Å². The van der Waals surface area contributed by atoms with Crippen molar-refractivity contribution in [3.63, 3.8) is 0 Å². The van der Waals surface area contributed by atoms with Crippen LogP contribution in [-0.2, 0) is 17.3 Å². The van der Waals surface area contributed by atoms with Crippen molar-refractivity contribution < 1.29 is 14.6 Å². The van der Waals surface area contributed by atoms with Crippen LogP contribution in [0.1, 0.15) is 79.3 Å². The van der Waals surface area contributed by atoms with Crippen LogP contribution in [-0.4, -0.2) is 11.1 Å². The van der Waals surface area contributed by atoms with Gasteiger partial charge < -0.3 is 9.84 Å². The van der Waals surface area contributed by atoms with Crippen LogP contribution in [0, 0.1) is 0 Å². The Morgan fingerprint density at radius 2 is 1.69 bits per heavy atom. The summed E-state index contributed by atoms with van der Waals surface area (Å²) in [4.78, 5) is 11.2. The van der Waals surface area contributed by atoms with E-state index in [1.807, 2.05) is 0 Å². The average molecular weight is 350 g/mol. The van der Waals surface area contributed by atoms with Gasteiger partial charge in [0.25, 0.3) is 0 Å². The number of carboxylic acid groups (broad SMARTS) is 1. The van der Waals surface area contributed by atoms with Crippen molar-refractivity contribution in [2.24, 2.45) is 0 Å². The molecule has 0 saturated carbocycles. The number of fused-ring (bicyclic) bond motifs is 2. The minimum absolute atomic E-state index is 0.0415. The van der Waals surface area contributed by atoms with Crippen molar-refractivity contribution in [1.82, 2.24) is 0 Å². The average Bonchev–Trinajstić information content (AvgIpc) is 3.02. The summed E-state index contributed by atoms with van der Waals surface area (Å²) >= 11 is 0. The lowest BCUT2D eigenvalue weighted by Crippen LogP contribution is -2.34. The standard InChI is InChI=1S/C23H26O3/c1-22(2)9-10-23(3,4)18-12-14(5-7-17(18)22)20-13-16-11-15(21(24)25)6-8-19(16)26-20/h5-8,11-12,20H,9-10,13H2,1-4H3,(H,24,25). The molecule has 0 bridgehead atoms. The highest BCUT2D eigenvalue weighted by Crippen LogP contribution is 2.47. The van der Waals surface area contributed by atoms with Gasteiger partial charge >= 0.3 is 5.97 Å². The fourth-order valence-corrected chi connectivity index (χ4v) is 4.37. The number of aromatic carboxylic acids is 1. The monoisotopic (exact) mass is 350 g/mol. The van der Waals surface area contributed by atoms with Crippen LogP contribution >= 0.6 is 0 Å². The summed E-state index contributed by atoms with van der Waals surface area (Å²) in [6.07, 6.45) is 3.07. The molecule has 0 saturated heterocycles. The van der Waals surface area contributed by atoms with Gasteiger partial charge in [-0.1, -0.05) is 45.9 Å². The molecule has 1 heterocycles. The van der Waals surface area contributed by atoms with Gasteiger partial charge in [0.05, 0.1) is 5.56 Å². The second kappa shape index (κ2) is 5.60. The summed E-state index contributed by atoms with van der Waals surface area (Å²) < 4.78 is 6.15. The zero-order chi connectivity index (χ0) is 18.7. The van der Waals surface area contributed by atoms with Gasteiger partial charge in [0, 0.05) is 6.42 Å². The Labute approximate surface area is 155 Å². The van der Waals surface area contributed by atoms with Crippen molar-refractivity contribution in [3.05, 3.63) is 64.2 Å². The van der Waals surface area contributed by atoms with Crippen LogP contribution in [0.15, 0.2) is 36.4 Å². The number of carboxylic acids is 1. The third-order valence-electron chi connectivity index (χ3n) is 6.23. The molecule has 3 heteroatoms. The van der Waals surface area contributed by atoms with Crippen molar-refractivity contribution in [3.8, 4) is 5.75 Å². The van der Waals surface area contributed by atoms with E-state index in [2.05, 4.69) is 45.9 Å². The first kappa shape index (κ1) is 17.1. The van der Waals surface area contributed by atoms with E-state index in [0.717, 1.165) is 17.7 Å². The van der Waals surface area contributed by atoms with Gasteiger partial charge in [-0.3, -0.25) is 0 Å². The molecule has 136 valence electrons. The molecule has 0 fully saturated rings. The summed E-state index contributed by atoms with van der Waals surface area (Å²) in [6, 6.07) is 11.9. The second-order valence-electron chi connectivity index (χ2n) is 9.01. The molecule has 1 unspecified atom stereocenters. The molecule has 1 N–H and O–H groups in total. The smallest absolute Gasteiger partial charge is 0.335 e. The normalized spacial score (nSPS) is 22.2. The molecular weight excluding hydrogens is 324 g/mol. The highest BCUT2D eigenvalue weighted by atomic mass is 16.5. The Kier molecular flexibility index (Phi) is 3.69. The Morgan fingerprint density at radius 1 is 1.00 bits per heavy atom. The van der Waals surface area contributed by atoms with E-state index in [1.54, 1.807) is 18.2 Å². The zero-order valence-corrected chi connectivity index (χ0v) is 15.9. The summed E-state index contributed by atoms with van der Waals surface area (Å²) in [5.74, 6) is -0.0914. The van der Waals surface area contributed by atoms with E-state index in [0.29, 0.717) is 5.56 Å². The predicted molar refractivity (Wildman–Crippen MR) is 102 cm³/mol. The SMILES string of the molecule is CC1(C)CCC(C)(C)c2cc(C3Cc4cc(C(=O)O)ccc4O3)ccc21. The highest BCUT2D eigenvalue weighted by Gasteiger charge is 2.37. The van der Waals surface area contributed by atoms with E-state index in [4.69, 9.17) is 4.74 Å². The first-order valence-electron chi connectivity index (χ1n) is 9.35. The number of rotatable bonds is 2. The van der Waals surface area contributed by atoms with Gasteiger partial charge in [-0.2, -0.15) is 0 Å². The fourth-order valence-electron chi connectivity index (χ4n) is 4.37. The molecule has 4 rings (SSSR count). The zero-order valence-electron chi connectivity index (χ0n) is 15.9. The predicted octanol–water partition coefficient (Wildman–Crippen LogP) is 5.41. The Bertz CT molecular complexity index is 892. The molecule has 26 heavy (non-hydrogen) atoms. The van der Waals surface area contributed by atoms with Gasteiger partial charge in [0.15, 0.2) is 0 Å². The molecule has 0 amide bonds. The third kappa shape index (κ3) is 2.70. The maximum absolute atomic E-state index is 11.2. The van der Waals surface area contributed by atoms with E-state index in [9.17, 15) is 9.90 Å². The lowest BCUT2D eigenvalue weighted by Gasteiger charge is -2.42. The summed E-state index contributed by atoms with van der Waals surface area (Å²) in [5, 5.41) is 9.20. The van der Waals surface area contributed by atoms with Crippen LogP contribution in [0.3, 0.4) is 0 Å². The van der Waals surface area contributed by atoms with E-state index >= 15 is 0 Å². The minimum atomic E-state index is -0.894. The van der Waals surface area contributed by atoms with Crippen LogP contribution in [0.25, 0.3) is 0 Å². The Hall–Kier alpha value is -2.29. The van der Waals surface area contributed by atoms with Gasteiger partial charge in [0.1, 0.15) is 11.9 Å². The summed E-state index contributed by atoms with van der Waals surface area (Å²) in [7, 11) is 0. The number of hydrogen-bond donors (Lipinski definition) is 1. The topological polar surface area (TPSA) is 46.5 Å². The quantitative estimate of drug-likeness (QED) is 0.788. The van der Waals surface area contributed by atoms with Gasteiger partial charge in [-0.25, -0.2) is 4.79 Å². The Morgan fingerprint density at radius 3 is 2.38 bits per heavy atom. The molecule has 0 aromatic heterocycles. The van der Waals surface area contributed by atoms with Gasteiger partial charge in [-0.15, -0.1) is 0 Å². The van der Waals surface area contributed by atoms with Crippen molar-refractivity contribution >= 4 is 5.97 Å². The maximum Gasteiger partial charge on any atom is 0.335 e. The van der Waals surface area contributed by atoms with Crippen molar-refractivity contribution in [1.29, 1.82) is 0 Å². The first-order valence-corrected chi connectivity index (χ1v) is 9.35. The molecular formula is C23H26O3. The fraction of sp³-hybridized carbons (Fsp3) is 0.435. The number of ether oxygens (including phenoxy) is 1. The number of benzene rings is 2. The van der Waals surface area contributed by atoms with Crippen LogP contribution in [0.4, 0.5) is 0 Å². The molecule has 1 atom stereocenters. The number of hydrogen-bond acceptors (Lipinski definition) is 2. The van der Waals surface area contributed by atoms with Crippen LogP contribution in [0.5, 0.6) is 5.75 Å². The summed E-state index contributed by atoms with van der Waals surface area (Å²) in [6.45, 7) is 9.31. The van der Waals surface area contributed by atoms with E-state index < -0.39 is 5.97 Å². The van der Waals surface area contributed by atoms with Crippen LogP contribution < -0.4 is 4.74 Å². The second-order valence-corrected chi connectivity index (χ2v) is 9.01. The molecule has 0 radical (unpaired) electrons. The molecule has 1 aliphatic heterocycles. The highest BCUT2D eigenvalue weighted by molar-refractivity contribution is 5.88. The Balaban J connectivity index is 1.69. The molecule has 0 spiro atoms. The molecule has 2 aromatic rings. The van der Waals surface area contributed by atoms with Crippen molar-refractivity contribution in [2.45, 2.75) is 63.9 Å². The number of carbonyl (C=O) groups is 1. The largest absolute Gasteiger partial charge is 0.485 e. The molecule has 3 nitrogen and oxygen atoms in total. The minimum Gasteiger partial charge on any atom is -0.485 e. The van der Waals surface area contributed by atoms with Gasteiger partial charge in [-0.05, 0) is 64.1 Å². The van der Waals surface area contributed by atoms with E-state index in [1.165, 1.54) is 29.5 Å². The third-order valence-corrected chi connectivity index (χ3v) is 6.23. The lowest BCUT2D eigenvalue weighted by molar-refractivity contribution is 0.0697. The summed E-state index contributed by atoms with van der Waals surface area (Å²) in [5.41, 5.74) is 5.73. The molecule has 2 aliphatic rings. The lowest BCUT2D eigenvalue weighted by atomic mass is 9.63. The molecule has 1 aliphatic carbocycles. The van der Waals surface area contributed by atoms with E-state index in [-0.39, 0.29) is 16.9 Å². The van der Waals surface area contributed by atoms with Gasteiger partial charge in [0.2, 0.25) is 0 Å².